The molecule has 2 rings (SSSR count). The van der Waals surface area contributed by atoms with Gasteiger partial charge in [-0.05, 0) is 18.7 Å². The first-order valence-corrected chi connectivity index (χ1v) is 6.51. The van der Waals surface area contributed by atoms with Crippen LogP contribution in [-0.2, 0) is 0 Å². The number of hydrogen-bond donors (Lipinski definition) is 1. The first-order chi connectivity index (χ1) is 9.24. The maximum Gasteiger partial charge on any atom is 0.131 e. The summed E-state index contributed by atoms with van der Waals surface area (Å²) in [6, 6.07) is 14.2. The lowest BCUT2D eigenvalue weighted by atomic mass is 10.0. The number of rotatable bonds is 5. The molecule has 2 aromatic carbocycles. The monoisotopic (exact) mass is 254 g/mol. The fourth-order valence-electron chi connectivity index (χ4n) is 2.10. The van der Waals surface area contributed by atoms with Crippen molar-refractivity contribution in [1.29, 1.82) is 5.26 Å². The van der Waals surface area contributed by atoms with Gasteiger partial charge in [-0.1, -0.05) is 36.4 Å². The molecule has 0 spiro atoms. The van der Waals surface area contributed by atoms with Crippen molar-refractivity contribution in [1.82, 2.24) is 0 Å². The zero-order valence-electron chi connectivity index (χ0n) is 11.1. The molecule has 0 heterocycles. The predicted molar refractivity (Wildman–Crippen MR) is 76.9 cm³/mol. The number of nitriles is 1. The van der Waals surface area contributed by atoms with Gasteiger partial charge < -0.3 is 10.5 Å². The van der Waals surface area contributed by atoms with E-state index in [1.165, 1.54) is 0 Å². The average molecular weight is 254 g/mol. The normalized spacial score (nSPS) is 12.1. The molecule has 2 N–H and O–H groups in total. The van der Waals surface area contributed by atoms with Gasteiger partial charge >= 0.3 is 0 Å². The van der Waals surface area contributed by atoms with Gasteiger partial charge in [-0.2, -0.15) is 5.26 Å². The quantitative estimate of drug-likeness (QED) is 0.830. The lowest BCUT2D eigenvalue weighted by molar-refractivity contribution is 0.312. The van der Waals surface area contributed by atoms with Gasteiger partial charge in [0.15, 0.2) is 0 Å². The molecule has 2 aromatic rings. The molecule has 3 nitrogen and oxygen atoms in total. The van der Waals surface area contributed by atoms with Crippen LogP contribution in [0.3, 0.4) is 0 Å². The maximum atomic E-state index is 8.55. The maximum absolute atomic E-state index is 8.55. The molecule has 19 heavy (non-hydrogen) atoms. The van der Waals surface area contributed by atoms with Gasteiger partial charge in [-0.15, -0.1) is 0 Å². The first-order valence-electron chi connectivity index (χ1n) is 6.51. The van der Waals surface area contributed by atoms with Gasteiger partial charge in [-0.25, -0.2) is 0 Å². The Kier molecular flexibility index (Phi) is 4.38. The van der Waals surface area contributed by atoms with Gasteiger partial charge in [0.05, 0.1) is 12.7 Å². The van der Waals surface area contributed by atoms with Crippen molar-refractivity contribution in [3.8, 4) is 11.8 Å². The Balaban J connectivity index is 2.36. The minimum Gasteiger partial charge on any atom is -0.493 e. The van der Waals surface area contributed by atoms with E-state index in [0.717, 1.165) is 28.5 Å². The summed E-state index contributed by atoms with van der Waals surface area (Å²) in [6.07, 6.45) is 1.25. The van der Waals surface area contributed by atoms with E-state index in [1.807, 2.05) is 31.2 Å². The van der Waals surface area contributed by atoms with E-state index >= 15 is 0 Å². The van der Waals surface area contributed by atoms with Gasteiger partial charge in [0, 0.05) is 23.4 Å². The smallest absolute Gasteiger partial charge is 0.131 e. The van der Waals surface area contributed by atoms with Crippen molar-refractivity contribution >= 4 is 10.8 Å². The molecule has 3 heteroatoms. The number of benzene rings is 2. The Morgan fingerprint density at radius 2 is 2.05 bits per heavy atom. The van der Waals surface area contributed by atoms with Crippen LogP contribution >= 0.6 is 0 Å². The molecular weight excluding hydrogens is 236 g/mol. The Morgan fingerprint density at radius 1 is 1.26 bits per heavy atom. The Labute approximate surface area is 113 Å². The summed E-state index contributed by atoms with van der Waals surface area (Å²) in [5.74, 6) is 0.853. The Morgan fingerprint density at radius 3 is 2.79 bits per heavy atom. The van der Waals surface area contributed by atoms with Crippen molar-refractivity contribution in [2.24, 2.45) is 5.73 Å². The molecule has 0 aromatic heterocycles. The number of nitrogens with two attached hydrogens (primary N) is 1. The Bertz CT molecular complexity index is 599. The SMILES string of the molecule is C[C@H](N)c1ccc2ccccc2c1OCCCC#N. The van der Waals surface area contributed by atoms with Crippen LogP contribution in [-0.4, -0.2) is 6.61 Å². The first kappa shape index (κ1) is 13.4. The number of ether oxygens (including phenoxy) is 1. The van der Waals surface area contributed by atoms with Crippen molar-refractivity contribution in [3.63, 3.8) is 0 Å². The van der Waals surface area contributed by atoms with E-state index in [1.54, 1.807) is 0 Å². The third kappa shape index (κ3) is 3.04. The fraction of sp³-hybridized carbons (Fsp3) is 0.312. The topological polar surface area (TPSA) is 59.0 Å². The standard InChI is InChI=1S/C16H18N2O/c1-12(18)14-9-8-13-6-2-3-7-15(13)16(14)19-11-5-4-10-17/h2-3,6-9,12H,4-5,11,18H2,1H3/t12-/m0/s1. The van der Waals surface area contributed by atoms with E-state index in [-0.39, 0.29) is 6.04 Å². The summed E-state index contributed by atoms with van der Waals surface area (Å²) < 4.78 is 5.88. The molecule has 0 aliphatic rings. The molecular formula is C16H18N2O. The van der Waals surface area contributed by atoms with Gasteiger partial charge in [0.2, 0.25) is 0 Å². The minimum atomic E-state index is -0.0735. The minimum absolute atomic E-state index is 0.0735. The van der Waals surface area contributed by atoms with E-state index < -0.39 is 0 Å². The lowest BCUT2D eigenvalue weighted by Crippen LogP contribution is -2.09. The summed E-state index contributed by atoms with van der Waals surface area (Å²) >= 11 is 0. The fourth-order valence-corrected chi connectivity index (χ4v) is 2.10. The highest BCUT2D eigenvalue weighted by molar-refractivity contribution is 5.89. The van der Waals surface area contributed by atoms with Crippen LogP contribution in [0.2, 0.25) is 0 Å². The number of unbranched alkanes of at least 4 members (excludes halogenated alkanes) is 1. The molecule has 0 aliphatic heterocycles. The zero-order chi connectivity index (χ0) is 13.7. The van der Waals surface area contributed by atoms with Crippen LogP contribution in [0.1, 0.15) is 31.4 Å². The van der Waals surface area contributed by atoms with Crippen LogP contribution in [0.4, 0.5) is 0 Å². The third-order valence-electron chi connectivity index (χ3n) is 3.08. The molecule has 1 atom stereocenters. The summed E-state index contributed by atoms with van der Waals surface area (Å²) in [5, 5.41) is 10.8. The highest BCUT2D eigenvalue weighted by Crippen LogP contribution is 2.33. The molecule has 0 aliphatic carbocycles. The summed E-state index contributed by atoms with van der Waals surface area (Å²) in [5.41, 5.74) is 7.01. The van der Waals surface area contributed by atoms with Crippen molar-refractivity contribution in [2.75, 3.05) is 6.61 Å². The number of fused-ring (bicyclic) bond motifs is 1. The molecule has 0 fully saturated rings. The highest BCUT2D eigenvalue weighted by Gasteiger charge is 2.11. The van der Waals surface area contributed by atoms with Gasteiger partial charge in [-0.3, -0.25) is 0 Å². The second kappa shape index (κ2) is 6.21. The van der Waals surface area contributed by atoms with Crippen LogP contribution in [0.15, 0.2) is 36.4 Å². The summed E-state index contributed by atoms with van der Waals surface area (Å²) in [7, 11) is 0. The zero-order valence-corrected chi connectivity index (χ0v) is 11.1. The van der Waals surface area contributed by atoms with E-state index in [2.05, 4.69) is 18.2 Å². The highest BCUT2D eigenvalue weighted by atomic mass is 16.5. The molecule has 98 valence electrons. The van der Waals surface area contributed by atoms with Crippen molar-refractivity contribution < 1.29 is 4.74 Å². The second-order valence-electron chi connectivity index (χ2n) is 4.60. The number of hydrogen-bond acceptors (Lipinski definition) is 3. The molecule has 0 unspecified atom stereocenters. The van der Waals surface area contributed by atoms with Crippen molar-refractivity contribution in [2.45, 2.75) is 25.8 Å². The second-order valence-corrected chi connectivity index (χ2v) is 4.60. The van der Waals surface area contributed by atoms with Crippen LogP contribution < -0.4 is 10.5 Å². The van der Waals surface area contributed by atoms with Crippen LogP contribution in [0.5, 0.6) is 5.75 Å². The third-order valence-corrected chi connectivity index (χ3v) is 3.08. The molecule has 0 bridgehead atoms. The number of nitrogens with zero attached hydrogens (tertiary/aromatic N) is 1. The summed E-state index contributed by atoms with van der Waals surface area (Å²) in [6.45, 7) is 2.49. The largest absolute Gasteiger partial charge is 0.493 e. The molecule has 0 saturated carbocycles. The Hall–Kier alpha value is -2.05. The summed E-state index contributed by atoms with van der Waals surface area (Å²) in [4.78, 5) is 0. The van der Waals surface area contributed by atoms with E-state index in [4.69, 9.17) is 15.7 Å². The molecule has 0 radical (unpaired) electrons. The van der Waals surface area contributed by atoms with Gasteiger partial charge in [0.1, 0.15) is 5.75 Å². The van der Waals surface area contributed by atoms with E-state index in [9.17, 15) is 0 Å². The molecule has 0 amide bonds. The average Bonchev–Trinajstić information content (AvgIpc) is 2.43. The molecule has 0 saturated heterocycles. The van der Waals surface area contributed by atoms with Crippen LogP contribution in [0, 0.1) is 11.3 Å². The van der Waals surface area contributed by atoms with Gasteiger partial charge in [0.25, 0.3) is 0 Å². The van der Waals surface area contributed by atoms with Crippen molar-refractivity contribution in [3.05, 3.63) is 42.0 Å². The lowest BCUT2D eigenvalue weighted by Gasteiger charge is -2.16. The van der Waals surface area contributed by atoms with Crippen LogP contribution in [0.25, 0.3) is 10.8 Å². The van der Waals surface area contributed by atoms with E-state index in [0.29, 0.717) is 13.0 Å². The predicted octanol–water partition coefficient (Wildman–Crippen LogP) is 3.54.